The normalized spacial score (nSPS) is 11.4. The molecular weight excluding hydrogens is 320 g/mol. The highest BCUT2D eigenvalue weighted by Gasteiger charge is 2.26. The van der Waals surface area contributed by atoms with E-state index in [0.29, 0.717) is 5.69 Å². The third-order valence-electron chi connectivity index (χ3n) is 1.81. The van der Waals surface area contributed by atoms with E-state index in [4.69, 9.17) is 0 Å². The van der Waals surface area contributed by atoms with Crippen molar-refractivity contribution in [2.45, 2.75) is 6.18 Å². The summed E-state index contributed by atoms with van der Waals surface area (Å²) in [4.78, 5) is 11.2. The summed E-state index contributed by atoms with van der Waals surface area (Å²) >= 11 is 2.92. The number of nitrogens with one attached hydrogen (secondary N) is 2. The predicted molar refractivity (Wildman–Crippen MR) is 61.7 cm³/mol. The Morgan fingerprint density at radius 3 is 2.56 bits per heavy atom. The van der Waals surface area contributed by atoms with Crippen LogP contribution in [0.2, 0.25) is 0 Å². The maximum Gasteiger partial charge on any atom is 0.401 e. The highest BCUT2D eigenvalue weighted by Crippen LogP contribution is 2.19. The molecule has 0 saturated heterocycles. The second kappa shape index (κ2) is 6.14. The number of amides is 1. The van der Waals surface area contributed by atoms with Gasteiger partial charge in [-0.2, -0.15) is 13.2 Å². The molecular formula is C10H9BrF4N2O. The number of alkyl halides is 3. The highest BCUT2D eigenvalue weighted by atomic mass is 79.9. The maximum absolute atomic E-state index is 12.9. The Balaban J connectivity index is 2.42. The molecule has 18 heavy (non-hydrogen) atoms. The smallest absolute Gasteiger partial charge is 0.325 e. The van der Waals surface area contributed by atoms with Crippen LogP contribution in [0.25, 0.3) is 0 Å². The van der Waals surface area contributed by atoms with Crippen molar-refractivity contribution in [1.82, 2.24) is 5.32 Å². The van der Waals surface area contributed by atoms with Crippen LogP contribution in [-0.4, -0.2) is 25.2 Å². The van der Waals surface area contributed by atoms with E-state index in [1.54, 1.807) is 0 Å². The van der Waals surface area contributed by atoms with Gasteiger partial charge in [0.15, 0.2) is 0 Å². The Bertz CT molecular complexity index is 436. The van der Waals surface area contributed by atoms with Crippen molar-refractivity contribution in [3.63, 3.8) is 0 Å². The minimum absolute atomic E-state index is 0.156. The van der Waals surface area contributed by atoms with Crippen molar-refractivity contribution in [2.24, 2.45) is 0 Å². The Kier molecular flexibility index (Phi) is 5.09. The topological polar surface area (TPSA) is 41.1 Å². The molecule has 0 radical (unpaired) electrons. The fourth-order valence-electron chi connectivity index (χ4n) is 1.10. The lowest BCUT2D eigenvalue weighted by atomic mass is 10.3. The van der Waals surface area contributed by atoms with Crippen molar-refractivity contribution in [1.29, 1.82) is 0 Å². The summed E-state index contributed by atoms with van der Waals surface area (Å²) in [5.41, 5.74) is 0.294. The Morgan fingerprint density at radius 2 is 2.00 bits per heavy atom. The highest BCUT2D eigenvalue weighted by molar-refractivity contribution is 9.10. The van der Waals surface area contributed by atoms with E-state index < -0.39 is 31.0 Å². The fourth-order valence-corrected chi connectivity index (χ4v) is 1.48. The van der Waals surface area contributed by atoms with Crippen LogP contribution in [0.4, 0.5) is 23.2 Å². The lowest BCUT2D eigenvalue weighted by Gasteiger charge is -2.09. The zero-order valence-corrected chi connectivity index (χ0v) is 10.5. The molecule has 1 amide bonds. The second-order valence-electron chi connectivity index (χ2n) is 3.40. The van der Waals surface area contributed by atoms with E-state index in [2.05, 4.69) is 21.2 Å². The lowest BCUT2D eigenvalue weighted by Crippen LogP contribution is -2.35. The first-order valence-corrected chi connectivity index (χ1v) is 5.59. The van der Waals surface area contributed by atoms with Crippen LogP contribution in [0.1, 0.15) is 0 Å². The number of carbonyl (C=O) groups excluding carboxylic acids is 1. The Labute approximate surface area is 109 Å². The molecule has 0 bridgehead atoms. The molecule has 100 valence electrons. The van der Waals surface area contributed by atoms with Gasteiger partial charge in [0, 0.05) is 5.69 Å². The summed E-state index contributed by atoms with van der Waals surface area (Å²) in [6, 6.07) is 3.75. The lowest BCUT2D eigenvalue weighted by molar-refractivity contribution is -0.126. The van der Waals surface area contributed by atoms with E-state index >= 15 is 0 Å². The third-order valence-corrected chi connectivity index (χ3v) is 2.42. The minimum atomic E-state index is -4.36. The van der Waals surface area contributed by atoms with Crippen molar-refractivity contribution >= 4 is 27.5 Å². The molecule has 2 N–H and O–H groups in total. The molecule has 1 rings (SSSR count). The number of carbonyl (C=O) groups is 1. The molecule has 3 nitrogen and oxygen atoms in total. The molecule has 0 unspecified atom stereocenters. The first-order valence-electron chi connectivity index (χ1n) is 4.80. The summed E-state index contributed by atoms with van der Waals surface area (Å²) in [5.74, 6) is -1.14. The monoisotopic (exact) mass is 328 g/mol. The number of hydrogen-bond acceptors (Lipinski definition) is 2. The molecule has 0 aliphatic carbocycles. The molecule has 0 saturated carbocycles. The molecule has 1 aromatic carbocycles. The molecule has 0 aliphatic heterocycles. The van der Waals surface area contributed by atoms with Crippen molar-refractivity contribution in [2.75, 3.05) is 18.4 Å². The van der Waals surface area contributed by atoms with Crippen LogP contribution in [0.15, 0.2) is 22.7 Å². The standard InChI is InChI=1S/C10H9BrF4N2O/c11-7-3-6(1-2-8(7)12)17-9(18)4-16-5-10(13,14)15/h1-3,16H,4-5H2,(H,17,18). The van der Waals surface area contributed by atoms with Gasteiger partial charge in [-0.15, -0.1) is 0 Å². The zero-order chi connectivity index (χ0) is 13.8. The minimum Gasteiger partial charge on any atom is -0.325 e. The van der Waals surface area contributed by atoms with Crippen LogP contribution in [0, 0.1) is 5.82 Å². The van der Waals surface area contributed by atoms with Crippen LogP contribution in [-0.2, 0) is 4.79 Å². The SMILES string of the molecule is O=C(CNCC(F)(F)F)Nc1ccc(F)c(Br)c1. The molecule has 0 aromatic heterocycles. The zero-order valence-electron chi connectivity index (χ0n) is 8.94. The van der Waals surface area contributed by atoms with Gasteiger partial charge in [-0.25, -0.2) is 4.39 Å². The van der Waals surface area contributed by atoms with Gasteiger partial charge >= 0.3 is 6.18 Å². The van der Waals surface area contributed by atoms with E-state index in [9.17, 15) is 22.4 Å². The number of rotatable bonds is 4. The van der Waals surface area contributed by atoms with Gasteiger partial charge in [-0.1, -0.05) is 0 Å². The molecule has 8 heteroatoms. The average molecular weight is 329 g/mol. The molecule has 1 aromatic rings. The van der Waals surface area contributed by atoms with E-state index in [1.165, 1.54) is 12.1 Å². The third kappa shape index (κ3) is 5.46. The first-order chi connectivity index (χ1) is 8.28. The van der Waals surface area contributed by atoms with Crippen LogP contribution in [0.5, 0.6) is 0 Å². The molecule has 0 aliphatic rings. The second-order valence-corrected chi connectivity index (χ2v) is 4.25. The predicted octanol–water partition coefficient (Wildman–Crippen LogP) is 2.68. The summed E-state index contributed by atoms with van der Waals surface area (Å²) in [6.45, 7) is -1.72. The molecule has 0 heterocycles. The first kappa shape index (κ1) is 14.9. The van der Waals surface area contributed by atoms with Gasteiger partial charge in [0.05, 0.1) is 17.6 Å². The van der Waals surface area contributed by atoms with E-state index in [-0.39, 0.29) is 4.47 Å². The van der Waals surface area contributed by atoms with Crippen LogP contribution >= 0.6 is 15.9 Å². The van der Waals surface area contributed by atoms with Gasteiger partial charge in [0.25, 0.3) is 0 Å². The molecule has 0 fully saturated rings. The van der Waals surface area contributed by atoms with Crippen LogP contribution < -0.4 is 10.6 Å². The van der Waals surface area contributed by atoms with E-state index in [1.807, 2.05) is 5.32 Å². The summed E-state index contributed by atoms with van der Waals surface area (Å²) in [7, 11) is 0. The van der Waals surface area contributed by atoms with Gasteiger partial charge in [-0.05, 0) is 34.1 Å². The number of anilines is 1. The maximum atomic E-state index is 12.9. The number of hydrogen-bond donors (Lipinski definition) is 2. The number of halogens is 5. The molecule has 0 spiro atoms. The van der Waals surface area contributed by atoms with Crippen LogP contribution in [0.3, 0.4) is 0 Å². The van der Waals surface area contributed by atoms with E-state index in [0.717, 1.165) is 6.07 Å². The fraction of sp³-hybridized carbons (Fsp3) is 0.300. The van der Waals surface area contributed by atoms with Crippen molar-refractivity contribution in [3.8, 4) is 0 Å². The van der Waals surface area contributed by atoms with Crippen molar-refractivity contribution in [3.05, 3.63) is 28.5 Å². The quantitative estimate of drug-likeness (QED) is 0.834. The van der Waals surface area contributed by atoms with Gasteiger partial charge < -0.3 is 10.6 Å². The Morgan fingerprint density at radius 1 is 1.33 bits per heavy atom. The molecule has 0 atom stereocenters. The van der Waals surface area contributed by atoms with Crippen molar-refractivity contribution < 1.29 is 22.4 Å². The summed E-state index contributed by atoms with van der Waals surface area (Å²) in [6.07, 6.45) is -4.36. The largest absolute Gasteiger partial charge is 0.401 e. The van der Waals surface area contributed by atoms with Gasteiger partial charge in [0.1, 0.15) is 5.82 Å². The Hall–Kier alpha value is -1.15. The summed E-state index contributed by atoms with van der Waals surface area (Å²) in [5, 5.41) is 4.28. The summed E-state index contributed by atoms with van der Waals surface area (Å²) < 4.78 is 48.4. The number of benzene rings is 1. The average Bonchev–Trinajstić information content (AvgIpc) is 2.21. The van der Waals surface area contributed by atoms with Gasteiger partial charge in [0.2, 0.25) is 5.91 Å². The van der Waals surface area contributed by atoms with Gasteiger partial charge in [-0.3, -0.25) is 4.79 Å².